The van der Waals surface area contributed by atoms with Crippen molar-refractivity contribution in [2.75, 3.05) is 0 Å². The monoisotopic (exact) mass is 254 g/mol. The zero-order chi connectivity index (χ0) is 12.4. The molecule has 5 nitrogen and oxygen atoms in total. The molecule has 0 aliphatic carbocycles. The molecular weight excluding hydrogens is 243 g/mol. The molecule has 2 rings (SSSR count). The molecule has 2 aromatic rings. The summed E-state index contributed by atoms with van der Waals surface area (Å²) in [5.41, 5.74) is -0.519. The molecule has 0 aliphatic heterocycles. The number of nitrogens with zero attached hydrogens (tertiary/aromatic N) is 1. The molecule has 88 valence electrons. The second kappa shape index (κ2) is 6.04. The Morgan fingerprint density at radius 1 is 1.22 bits per heavy atom. The normalized spacial score (nSPS) is 11.6. The van der Waals surface area contributed by atoms with Crippen LogP contribution in [0.5, 0.6) is 5.88 Å². The molecule has 6 heteroatoms. The fourth-order valence-electron chi connectivity index (χ4n) is 1.73. The Balaban J connectivity index is 0.00000162. The predicted molar refractivity (Wildman–Crippen MR) is 61.0 cm³/mol. The summed E-state index contributed by atoms with van der Waals surface area (Å²) in [5.74, 6) is -0.588. The third-order valence-electron chi connectivity index (χ3n) is 2.61. The van der Waals surface area contributed by atoms with E-state index in [-0.39, 0.29) is 29.6 Å². The fourth-order valence-corrected chi connectivity index (χ4v) is 1.73. The zero-order valence-electron chi connectivity index (χ0n) is 10.2. The van der Waals surface area contributed by atoms with Gasteiger partial charge in [-0.3, -0.25) is 9.78 Å². The molecule has 0 fully saturated rings. The standard InChI is InChI=1S/C12H12N2O3.Na/c1-8(9-5-3-2-4-6-9)14-11(16)7-10(15)13-12(14)17;/h2-8,16H,1H3,(H,13,15,17);/q;+1/p-1. The van der Waals surface area contributed by atoms with Gasteiger partial charge < -0.3 is 9.67 Å². The van der Waals surface area contributed by atoms with Crippen LogP contribution in [0.15, 0.2) is 46.0 Å². The third kappa shape index (κ3) is 2.93. The van der Waals surface area contributed by atoms with Crippen molar-refractivity contribution in [3.63, 3.8) is 0 Å². The molecule has 0 saturated carbocycles. The Labute approximate surface area is 125 Å². The largest absolute Gasteiger partial charge is 1.00 e. The van der Waals surface area contributed by atoms with Crippen LogP contribution in [0.1, 0.15) is 18.5 Å². The van der Waals surface area contributed by atoms with E-state index in [2.05, 4.69) is 4.98 Å². The molecule has 0 saturated heterocycles. The minimum Gasteiger partial charge on any atom is -0.860 e. The van der Waals surface area contributed by atoms with E-state index < -0.39 is 23.2 Å². The van der Waals surface area contributed by atoms with Gasteiger partial charge in [-0.2, -0.15) is 0 Å². The third-order valence-corrected chi connectivity index (χ3v) is 2.61. The van der Waals surface area contributed by atoms with E-state index in [9.17, 15) is 14.7 Å². The van der Waals surface area contributed by atoms with Gasteiger partial charge in [-0.25, -0.2) is 4.79 Å². The van der Waals surface area contributed by atoms with Crippen LogP contribution in [-0.4, -0.2) is 9.55 Å². The van der Waals surface area contributed by atoms with E-state index in [1.807, 2.05) is 30.3 Å². The minimum absolute atomic E-state index is 0. The van der Waals surface area contributed by atoms with Crippen molar-refractivity contribution < 1.29 is 34.7 Å². The Morgan fingerprint density at radius 3 is 2.39 bits per heavy atom. The molecule has 1 atom stereocenters. The summed E-state index contributed by atoms with van der Waals surface area (Å²) in [6, 6.07) is 9.61. The van der Waals surface area contributed by atoms with Gasteiger partial charge in [-0.1, -0.05) is 30.3 Å². The van der Waals surface area contributed by atoms with Crippen molar-refractivity contribution in [1.29, 1.82) is 0 Å². The molecule has 1 aromatic heterocycles. The van der Waals surface area contributed by atoms with E-state index >= 15 is 0 Å². The molecule has 0 amide bonds. The number of nitrogens with one attached hydrogen (secondary N) is 1. The van der Waals surface area contributed by atoms with Crippen molar-refractivity contribution in [2.45, 2.75) is 13.0 Å². The van der Waals surface area contributed by atoms with E-state index in [0.717, 1.165) is 16.2 Å². The number of benzene rings is 1. The van der Waals surface area contributed by atoms with Crippen LogP contribution in [0, 0.1) is 0 Å². The topological polar surface area (TPSA) is 77.9 Å². The summed E-state index contributed by atoms with van der Waals surface area (Å²) in [6.45, 7) is 1.73. The second-order valence-corrected chi connectivity index (χ2v) is 3.73. The molecule has 1 unspecified atom stereocenters. The van der Waals surface area contributed by atoms with Crippen LogP contribution in [-0.2, 0) is 0 Å². The quantitative estimate of drug-likeness (QED) is 0.589. The minimum atomic E-state index is -0.682. The number of H-pyrrole nitrogens is 1. The van der Waals surface area contributed by atoms with Gasteiger partial charge in [0.1, 0.15) is 0 Å². The van der Waals surface area contributed by atoms with Gasteiger partial charge in [-0.15, -0.1) is 0 Å². The maximum atomic E-state index is 11.6. The molecule has 18 heavy (non-hydrogen) atoms. The summed E-state index contributed by atoms with van der Waals surface area (Å²) >= 11 is 0. The van der Waals surface area contributed by atoms with Gasteiger partial charge in [0.2, 0.25) is 0 Å². The van der Waals surface area contributed by atoms with Crippen LogP contribution >= 0.6 is 0 Å². The number of aromatic amines is 1. The Hall–Kier alpha value is -1.30. The van der Waals surface area contributed by atoms with Gasteiger partial charge in [0.25, 0.3) is 5.56 Å². The molecule has 1 aromatic carbocycles. The van der Waals surface area contributed by atoms with Crippen LogP contribution in [0.25, 0.3) is 0 Å². The van der Waals surface area contributed by atoms with E-state index in [1.165, 1.54) is 0 Å². The van der Waals surface area contributed by atoms with E-state index in [4.69, 9.17) is 0 Å². The van der Waals surface area contributed by atoms with Crippen molar-refractivity contribution in [3.8, 4) is 5.88 Å². The maximum Gasteiger partial charge on any atom is 1.00 e. The summed E-state index contributed by atoms with van der Waals surface area (Å²) in [4.78, 5) is 24.6. The molecule has 0 bridgehead atoms. The van der Waals surface area contributed by atoms with Gasteiger partial charge in [0.15, 0.2) is 0 Å². The Bertz CT molecular complexity index is 634. The summed E-state index contributed by atoms with van der Waals surface area (Å²) in [5, 5.41) is 11.6. The van der Waals surface area contributed by atoms with Gasteiger partial charge in [0, 0.05) is 6.07 Å². The maximum absolute atomic E-state index is 11.6. The van der Waals surface area contributed by atoms with Crippen molar-refractivity contribution in [1.82, 2.24) is 9.55 Å². The van der Waals surface area contributed by atoms with Gasteiger partial charge >= 0.3 is 35.2 Å². The molecular formula is C12H11N2NaO3. The van der Waals surface area contributed by atoms with E-state index in [0.29, 0.717) is 0 Å². The zero-order valence-corrected chi connectivity index (χ0v) is 12.2. The van der Waals surface area contributed by atoms with Gasteiger partial charge in [-0.05, 0) is 18.4 Å². The SMILES string of the molecule is CC(c1ccccc1)n1c([O-])cc(=O)[nH]c1=O.[Na+]. The predicted octanol–water partition coefficient (Wildman–Crippen LogP) is -2.78. The first kappa shape index (κ1) is 14.8. The smallest absolute Gasteiger partial charge is 0.860 e. The number of rotatable bonds is 2. The van der Waals surface area contributed by atoms with Crippen LogP contribution in [0.2, 0.25) is 0 Å². The average Bonchev–Trinajstić information content (AvgIpc) is 2.28. The molecule has 0 aliphatic rings. The molecule has 1 N–H and O–H groups in total. The van der Waals surface area contributed by atoms with Crippen LogP contribution in [0.3, 0.4) is 0 Å². The van der Waals surface area contributed by atoms with Gasteiger partial charge in [0.05, 0.1) is 6.04 Å². The first-order chi connectivity index (χ1) is 8.09. The number of aromatic nitrogens is 2. The van der Waals surface area contributed by atoms with Crippen LogP contribution in [0.4, 0.5) is 0 Å². The first-order valence-electron chi connectivity index (χ1n) is 5.17. The first-order valence-corrected chi connectivity index (χ1v) is 5.17. The Kier molecular flexibility index (Phi) is 4.95. The Morgan fingerprint density at radius 2 is 1.83 bits per heavy atom. The average molecular weight is 254 g/mol. The molecule has 0 radical (unpaired) electrons. The van der Waals surface area contributed by atoms with Crippen LogP contribution < -0.4 is 45.9 Å². The van der Waals surface area contributed by atoms with Crippen molar-refractivity contribution >= 4 is 0 Å². The van der Waals surface area contributed by atoms with Crippen molar-refractivity contribution in [2.24, 2.45) is 0 Å². The second-order valence-electron chi connectivity index (χ2n) is 3.73. The number of hydrogen-bond donors (Lipinski definition) is 1. The summed E-state index contributed by atoms with van der Waals surface area (Å²) < 4.78 is 1.02. The summed E-state index contributed by atoms with van der Waals surface area (Å²) in [6.07, 6.45) is 0. The van der Waals surface area contributed by atoms with E-state index in [1.54, 1.807) is 6.92 Å². The van der Waals surface area contributed by atoms with Crippen molar-refractivity contribution in [3.05, 3.63) is 62.8 Å². The molecule has 0 spiro atoms. The summed E-state index contributed by atoms with van der Waals surface area (Å²) in [7, 11) is 0. The number of hydrogen-bond acceptors (Lipinski definition) is 3. The molecule has 1 heterocycles. The fraction of sp³-hybridized carbons (Fsp3) is 0.167.